The number of piperazine rings is 1. The van der Waals surface area contributed by atoms with Crippen LogP contribution >= 0.6 is 0 Å². The van der Waals surface area contributed by atoms with Crippen LogP contribution in [-0.4, -0.2) is 75.2 Å². The van der Waals surface area contributed by atoms with E-state index in [1.54, 1.807) is 6.07 Å². The van der Waals surface area contributed by atoms with E-state index in [4.69, 9.17) is 4.99 Å². The maximum atomic E-state index is 13.9. The molecule has 0 spiro atoms. The average Bonchev–Trinajstić information content (AvgIpc) is 2.61. The van der Waals surface area contributed by atoms with Crippen LogP contribution in [0.25, 0.3) is 0 Å². The molecule has 1 aromatic carbocycles. The lowest BCUT2D eigenvalue weighted by Gasteiger charge is -2.37. The lowest BCUT2D eigenvalue weighted by molar-refractivity contribution is 0.354. The summed E-state index contributed by atoms with van der Waals surface area (Å²) in [6, 6.07) is 7.00. The molecule has 1 N–H and O–H groups in total. The second-order valence-electron chi connectivity index (χ2n) is 6.06. The highest BCUT2D eigenvalue weighted by Gasteiger charge is 2.21. The number of anilines is 1. The number of benzene rings is 1. The number of rotatable bonds is 6. The van der Waals surface area contributed by atoms with E-state index in [9.17, 15) is 4.39 Å². The van der Waals surface area contributed by atoms with Crippen molar-refractivity contribution in [2.75, 3.05) is 64.3 Å². The second kappa shape index (κ2) is 9.47. The largest absolute Gasteiger partial charge is 0.366 e. The molecule has 0 saturated carbocycles. The normalized spacial score (nSPS) is 16.0. The molecule has 24 heavy (non-hydrogen) atoms. The molecule has 1 aromatic rings. The van der Waals surface area contributed by atoms with Gasteiger partial charge in [0.05, 0.1) is 12.2 Å². The van der Waals surface area contributed by atoms with Crippen LogP contribution in [0.1, 0.15) is 13.8 Å². The summed E-state index contributed by atoms with van der Waals surface area (Å²) in [7, 11) is 2.11. The van der Waals surface area contributed by atoms with E-state index in [0.29, 0.717) is 5.69 Å². The number of likely N-dealkylation sites (N-methyl/N-ethyl adjacent to an activating group) is 1. The third-order valence-electron chi connectivity index (χ3n) is 4.39. The SMILES string of the molecule is CCNC(=NCCN(C)CC)N1CCN(c2ccccc2F)CC1. The van der Waals surface area contributed by atoms with E-state index in [-0.39, 0.29) is 5.82 Å². The molecule has 1 aliphatic rings. The number of hydrogen-bond acceptors (Lipinski definition) is 3. The lowest BCUT2D eigenvalue weighted by Crippen LogP contribution is -2.52. The molecule has 0 unspecified atom stereocenters. The second-order valence-corrected chi connectivity index (χ2v) is 6.06. The maximum Gasteiger partial charge on any atom is 0.194 e. The molecule has 1 aliphatic heterocycles. The van der Waals surface area contributed by atoms with E-state index >= 15 is 0 Å². The number of nitrogens with one attached hydrogen (secondary N) is 1. The van der Waals surface area contributed by atoms with Crippen LogP contribution in [0.2, 0.25) is 0 Å². The summed E-state index contributed by atoms with van der Waals surface area (Å²) in [6.07, 6.45) is 0. The molecule has 0 bridgehead atoms. The first-order valence-electron chi connectivity index (χ1n) is 8.87. The lowest BCUT2D eigenvalue weighted by atomic mass is 10.2. The molecule has 5 nitrogen and oxygen atoms in total. The van der Waals surface area contributed by atoms with Crippen molar-refractivity contribution < 1.29 is 4.39 Å². The zero-order chi connectivity index (χ0) is 17.4. The van der Waals surface area contributed by atoms with Gasteiger partial charge in [-0.25, -0.2) is 4.39 Å². The van der Waals surface area contributed by atoms with Crippen molar-refractivity contribution in [2.24, 2.45) is 4.99 Å². The zero-order valence-corrected chi connectivity index (χ0v) is 15.1. The van der Waals surface area contributed by atoms with E-state index in [2.05, 4.69) is 40.9 Å². The van der Waals surface area contributed by atoms with Crippen molar-refractivity contribution in [3.8, 4) is 0 Å². The van der Waals surface area contributed by atoms with E-state index in [1.807, 2.05) is 12.1 Å². The van der Waals surface area contributed by atoms with Crippen molar-refractivity contribution in [1.29, 1.82) is 0 Å². The third kappa shape index (κ3) is 5.09. The van der Waals surface area contributed by atoms with E-state index < -0.39 is 0 Å². The van der Waals surface area contributed by atoms with Gasteiger partial charge in [0.25, 0.3) is 0 Å². The Morgan fingerprint density at radius 1 is 1.21 bits per heavy atom. The van der Waals surface area contributed by atoms with Gasteiger partial charge in [0.15, 0.2) is 5.96 Å². The molecule has 1 heterocycles. The smallest absolute Gasteiger partial charge is 0.194 e. The Labute approximate surface area is 145 Å². The van der Waals surface area contributed by atoms with Crippen LogP contribution in [0.5, 0.6) is 0 Å². The van der Waals surface area contributed by atoms with Crippen LogP contribution < -0.4 is 10.2 Å². The number of aliphatic imine (C=N–C) groups is 1. The summed E-state index contributed by atoms with van der Waals surface area (Å²) in [5, 5.41) is 3.37. The molecule has 0 aliphatic carbocycles. The Balaban J connectivity index is 1.92. The minimum absolute atomic E-state index is 0.144. The molecule has 1 saturated heterocycles. The molecular weight excluding hydrogens is 305 g/mol. The highest BCUT2D eigenvalue weighted by molar-refractivity contribution is 5.80. The fraction of sp³-hybridized carbons (Fsp3) is 0.611. The topological polar surface area (TPSA) is 34.1 Å². The zero-order valence-electron chi connectivity index (χ0n) is 15.1. The van der Waals surface area contributed by atoms with Crippen LogP contribution in [0.3, 0.4) is 0 Å². The van der Waals surface area contributed by atoms with Crippen molar-refractivity contribution in [3.05, 3.63) is 30.1 Å². The molecule has 0 amide bonds. The minimum Gasteiger partial charge on any atom is -0.366 e. The van der Waals surface area contributed by atoms with E-state index in [1.165, 1.54) is 6.07 Å². The standard InChI is InChI=1S/C18H30FN5/c1-4-20-18(21-10-11-22(3)5-2)24-14-12-23(13-15-24)17-9-7-6-8-16(17)19/h6-9H,4-5,10-15H2,1-3H3,(H,20,21). The number of halogens is 1. The number of guanidine groups is 1. The first-order chi connectivity index (χ1) is 11.7. The Morgan fingerprint density at radius 2 is 1.92 bits per heavy atom. The van der Waals surface area contributed by atoms with Crippen LogP contribution in [0, 0.1) is 5.82 Å². The van der Waals surface area contributed by atoms with Crippen molar-refractivity contribution in [2.45, 2.75) is 13.8 Å². The van der Waals surface area contributed by atoms with Gasteiger partial charge in [-0.1, -0.05) is 19.1 Å². The summed E-state index contributed by atoms with van der Waals surface area (Å²) in [6.45, 7) is 11.2. The van der Waals surface area contributed by atoms with Crippen LogP contribution in [0.4, 0.5) is 10.1 Å². The van der Waals surface area contributed by atoms with Gasteiger partial charge in [-0.2, -0.15) is 0 Å². The van der Waals surface area contributed by atoms with Gasteiger partial charge in [-0.15, -0.1) is 0 Å². The Morgan fingerprint density at radius 3 is 2.54 bits per heavy atom. The monoisotopic (exact) mass is 335 g/mol. The van der Waals surface area contributed by atoms with Crippen LogP contribution in [-0.2, 0) is 0 Å². The summed E-state index contributed by atoms with van der Waals surface area (Å²) < 4.78 is 13.9. The summed E-state index contributed by atoms with van der Waals surface area (Å²) in [5.41, 5.74) is 0.698. The Kier molecular flexibility index (Phi) is 7.31. The highest BCUT2D eigenvalue weighted by atomic mass is 19.1. The minimum atomic E-state index is -0.144. The van der Waals surface area contributed by atoms with Gasteiger partial charge in [0.2, 0.25) is 0 Å². The van der Waals surface area contributed by atoms with Gasteiger partial charge >= 0.3 is 0 Å². The fourth-order valence-electron chi connectivity index (χ4n) is 2.78. The van der Waals surface area contributed by atoms with Gasteiger partial charge in [0.1, 0.15) is 5.82 Å². The molecule has 6 heteroatoms. The van der Waals surface area contributed by atoms with Gasteiger partial charge in [-0.05, 0) is 32.6 Å². The molecule has 0 atom stereocenters. The maximum absolute atomic E-state index is 13.9. The van der Waals surface area contributed by atoms with E-state index in [0.717, 1.165) is 58.3 Å². The van der Waals surface area contributed by atoms with Crippen molar-refractivity contribution in [3.63, 3.8) is 0 Å². The number of hydrogen-bond donors (Lipinski definition) is 1. The van der Waals surface area contributed by atoms with Gasteiger partial charge < -0.3 is 20.0 Å². The van der Waals surface area contributed by atoms with Crippen molar-refractivity contribution in [1.82, 2.24) is 15.1 Å². The molecule has 0 aromatic heterocycles. The number of nitrogens with zero attached hydrogens (tertiary/aromatic N) is 4. The molecule has 2 rings (SSSR count). The first kappa shape index (κ1) is 18.5. The average molecular weight is 335 g/mol. The Bertz CT molecular complexity index is 526. The fourth-order valence-corrected chi connectivity index (χ4v) is 2.78. The van der Waals surface area contributed by atoms with Crippen LogP contribution in [0.15, 0.2) is 29.3 Å². The van der Waals surface area contributed by atoms with Gasteiger partial charge in [-0.3, -0.25) is 4.99 Å². The van der Waals surface area contributed by atoms with Crippen molar-refractivity contribution >= 4 is 11.6 Å². The summed E-state index contributed by atoms with van der Waals surface area (Å²) in [5.74, 6) is 0.823. The molecule has 0 radical (unpaired) electrons. The molecule has 1 fully saturated rings. The number of para-hydroxylation sites is 1. The molecule has 134 valence electrons. The predicted octanol–water partition coefficient (Wildman–Crippen LogP) is 1.86. The highest BCUT2D eigenvalue weighted by Crippen LogP contribution is 2.20. The Hall–Kier alpha value is -1.82. The third-order valence-corrected chi connectivity index (χ3v) is 4.39. The predicted molar refractivity (Wildman–Crippen MR) is 99.3 cm³/mol. The molecular formula is C18H30FN5. The summed E-state index contributed by atoms with van der Waals surface area (Å²) >= 11 is 0. The first-order valence-corrected chi connectivity index (χ1v) is 8.87. The van der Waals surface area contributed by atoms with Gasteiger partial charge in [0, 0.05) is 39.3 Å². The summed E-state index contributed by atoms with van der Waals surface area (Å²) in [4.78, 5) is 11.4. The quantitative estimate of drug-likeness (QED) is 0.636.